The molecule has 0 amide bonds. The third-order valence-corrected chi connectivity index (χ3v) is 6.10. The standard InChI is InChI=1S/C24H32N2O2Si2/c1-29(2,3)25-19-10-14-21(15-11-19)27-23-8-7-9-24(18-23)28-22-16-12-20(13-17-22)26-30(4,5)6/h7-18,25-26H,1-6H3. The van der Waals surface area contributed by atoms with Crippen LogP contribution in [0.1, 0.15) is 0 Å². The van der Waals surface area contributed by atoms with Crippen molar-refractivity contribution >= 4 is 27.8 Å². The van der Waals surface area contributed by atoms with Gasteiger partial charge in [-0.15, -0.1) is 0 Å². The predicted octanol–water partition coefficient (Wildman–Crippen LogP) is 7.76. The van der Waals surface area contributed by atoms with Crippen molar-refractivity contribution in [2.45, 2.75) is 39.3 Å². The molecular weight excluding hydrogens is 404 g/mol. The lowest BCUT2D eigenvalue weighted by atomic mass is 10.3. The maximum atomic E-state index is 6.01. The number of nitrogens with one attached hydrogen (secondary N) is 2. The molecular formula is C24H32N2O2Si2. The van der Waals surface area contributed by atoms with Crippen molar-refractivity contribution in [1.82, 2.24) is 0 Å². The normalized spacial score (nSPS) is 11.7. The maximum absolute atomic E-state index is 6.01. The fraction of sp³-hybridized carbons (Fsp3) is 0.250. The molecule has 3 aromatic rings. The molecule has 0 unspecified atom stereocenters. The molecule has 3 aromatic carbocycles. The summed E-state index contributed by atoms with van der Waals surface area (Å²) in [6.07, 6.45) is 0. The first kappa shape index (κ1) is 22.0. The lowest BCUT2D eigenvalue weighted by molar-refractivity contribution is 0.460. The Bertz CT molecular complexity index is 883. The van der Waals surface area contributed by atoms with Crippen LogP contribution in [-0.2, 0) is 0 Å². The van der Waals surface area contributed by atoms with E-state index in [-0.39, 0.29) is 0 Å². The first-order valence-corrected chi connectivity index (χ1v) is 17.3. The Labute approximate surface area is 182 Å². The van der Waals surface area contributed by atoms with Gasteiger partial charge in [-0.3, -0.25) is 0 Å². The molecule has 158 valence electrons. The minimum atomic E-state index is -1.36. The van der Waals surface area contributed by atoms with Gasteiger partial charge in [-0.2, -0.15) is 0 Å². The van der Waals surface area contributed by atoms with Crippen molar-refractivity contribution < 1.29 is 9.47 Å². The second-order valence-corrected chi connectivity index (χ2v) is 19.0. The van der Waals surface area contributed by atoms with Gasteiger partial charge in [-0.25, -0.2) is 0 Å². The zero-order valence-corrected chi connectivity index (χ0v) is 20.7. The van der Waals surface area contributed by atoms with E-state index in [2.05, 4.69) is 73.5 Å². The van der Waals surface area contributed by atoms with Gasteiger partial charge in [-0.1, -0.05) is 45.3 Å². The van der Waals surface area contributed by atoms with Crippen LogP contribution in [0, 0.1) is 0 Å². The van der Waals surface area contributed by atoms with Crippen LogP contribution >= 0.6 is 0 Å². The van der Waals surface area contributed by atoms with Gasteiger partial charge in [0.15, 0.2) is 0 Å². The zero-order chi connectivity index (χ0) is 21.8. The van der Waals surface area contributed by atoms with Crippen molar-refractivity contribution in [3.05, 3.63) is 72.8 Å². The Kier molecular flexibility index (Phi) is 6.58. The molecule has 0 aliphatic heterocycles. The van der Waals surface area contributed by atoms with Crippen molar-refractivity contribution in [1.29, 1.82) is 0 Å². The highest BCUT2D eigenvalue weighted by Crippen LogP contribution is 2.30. The summed E-state index contributed by atoms with van der Waals surface area (Å²) < 4.78 is 12.0. The predicted molar refractivity (Wildman–Crippen MR) is 133 cm³/mol. The van der Waals surface area contributed by atoms with E-state index in [0.29, 0.717) is 0 Å². The molecule has 0 atom stereocenters. The van der Waals surface area contributed by atoms with Gasteiger partial charge in [0, 0.05) is 17.4 Å². The summed E-state index contributed by atoms with van der Waals surface area (Å²) >= 11 is 0. The molecule has 6 heteroatoms. The lowest BCUT2D eigenvalue weighted by Gasteiger charge is -2.20. The summed E-state index contributed by atoms with van der Waals surface area (Å²) in [6, 6.07) is 23.9. The van der Waals surface area contributed by atoms with E-state index < -0.39 is 16.5 Å². The number of ether oxygens (including phenoxy) is 2. The Hall–Kier alpha value is -2.71. The highest BCUT2D eigenvalue weighted by molar-refractivity contribution is 6.79. The van der Waals surface area contributed by atoms with E-state index >= 15 is 0 Å². The average Bonchev–Trinajstić information content (AvgIpc) is 2.63. The van der Waals surface area contributed by atoms with Gasteiger partial charge in [0.25, 0.3) is 0 Å². The summed E-state index contributed by atoms with van der Waals surface area (Å²) in [5, 5.41) is 0. The van der Waals surface area contributed by atoms with E-state index in [1.54, 1.807) is 0 Å². The Morgan fingerprint density at radius 2 is 0.867 bits per heavy atom. The summed E-state index contributed by atoms with van der Waals surface area (Å²) in [7, 11) is -2.72. The topological polar surface area (TPSA) is 42.5 Å². The summed E-state index contributed by atoms with van der Waals surface area (Å²) in [5.41, 5.74) is 2.26. The molecule has 0 radical (unpaired) electrons. The van der Waals surface area contributed by atoms with Gasteiger partial charge in [-0.05, 0) is 60.7 Å². The van der Waals surface area contributed by atoms with Crippen LogP contribution in [0.15, 0.2) is 72.8 Å². The number of anilines is 2. The van der Waals surface area contributed by atoms with Crippen LogP contribution in [0.25, 0.3) is 0 Å². The molecule has 0 heterocycles. The van der Waals surface area contributed by atoms with E-state index in [1.165, 1.54) is 0 Å². The zero-order valence-electron chi connectivity index (χ0n) is 18.7. The van der Waals surface area contributed by atoms with Gasteiger partial charge < -0.3 is 19.4 Å². The summed E-state index contributed by atoms with van der Waals surface area (Å²) in [5.74, 6) is 3.09. The minimum absolute atomic E-state index is 0.746. The molecule has 0 bridgehead atoms. The van der Waals surface area contributed by atoms with Gasteiger partial charge >= 0.3 is 0 Å². The smallest absolute Gasteiger partial charge is 0.144 e. The molecule has 3 rings (SSSR count). The SMILES string of the molecule is C[Si](C)(C)Nc1ccc(Oc2cccc(Oc3ccc(N[Si](C)(C)C)cc3)c2)cc1. The number of benzene rings is 3. The Balaban J connectivity index is 1.63. The summed E-state index contributed by atoms with van der Waals surface area (Å²) in [4.78, 5) is 7.17. The van der Waals surface area contributed by atoms with E-state index in [0.717, 1.165) is 34.4 Å². The monoisotopic (exact) mass is 436 g/mol. The van der Waals surface area contributed by atoms with Gasteiger partial charge in [0.1, 0.15) is 39.5 Å². The van der Waals surface area contributed by atoms with Crippen molar-refractivity contribution in [2.75, 3.05) is 9.96 Å². The van der Waals surface area contributed by atoms with Crippen molar-refractivity contribution in [2.24, 2.45) is 0 Å². The first-order valence-electron chi connectivity index (χ1n) is 10.3. The molecule has 30 heavy (non-hydrogen) atoms. The fourth-order valence-electron chi connectivity index (χ4n) is 2.95. The maximum Gasteiger partial charge on any atom is 0.144 e. The molecule has 0 saturated heterocycles. The second kappa shape index (κ2) is 8.97. The quantitative estimate of drug-likeness (QED) is 0.354. The van der Waals surface area contributed by atoms with Crippen molar-refractivity contribution in [3.8, 4) is 23.0 Å². The second-order valence-electron chi connectivity index (χ2n) is 9.48. The van der Waals surface area contributed by atoms with Gasteiger partial charge in [0.05, 0.1) is 0 Å². The number of rotatable bonds is 8. The van der Waals surface area contributed by atoms with Crippen LogP contribution in [0.2, 0.25) is 39.3 Å². The Morgan fingerprint density at radius 3 is 1.20 bits per heavy atom. The van der Waals surface area contributed by atoms with Crippen molar-refractivity contribution in [3.63, 3.8) is 0 Å². The molecule has 0 aliphatic carbocycles. The minimum Gasteiger partial charge on any atom is -0.457 e. The molecule has 0 fully saturated rings. The number of hydrogen-bond acceptors (Lipinski definition) is 4. The Morgan fingerprint density at radius 1 is 0.500 bits per heavy atom. The highest BCUT2D eigenvalue weighted by atomic mass is 28.3. The fourth-order valence-corrected chi connectivity index (χ4v) is 5.02. The number of hydrogen-bond donors (Lipinski definition) is 2. The van der Waals surface area contributed by atoms with Crippen LogP contribution in [0.4, 0.5) is 11.4 Å². The van der Waals surface area contributed by atoms with Crippen LogP contribution in [-0.4, -0.2) is 16.5 Å². The molecule has 0 saturated carbocycles. The largest absolute Gasteiger partial charge is 0.457 e. The third-order valence-electron chi connectivity index (χ3n) is 4.02. The molecule has 4 nitrogen and oxygen atoms in total. The molecule has 0 aromatic heterocycles. The molecule has 0 aliphatic rings. The average molecular weight is 437 g/mol. The molecule has 2 N–H and O–H groups in total. The van der Waals surface area contributed by atoms with Gasteiger partial charge in [0.2, 0.25) is 0 Å². The highest BCUT2D eigenvalue weighted by Gasteiger charge is 2.13. The van der Waals surface area contributed by atoms with E-state index in [4.69, 9.17) is 9.47 Å². The van der Waals surface area contributed by atoms with E-state index in [1.807, 2.05) is 48.5 Å². The summed E-state index contributed by atoms with van der Waals surface area (Å²) in [6.45, 7) is 13.7. The first-order chi connectivity index (χ1) is 14.1. The third kappa shape index (κ3) is 7.28. The molecule has 0 spiro atoms. The van der Waals surface area contributed by atoms with Crippen LogP contribution in [0.5, 0.6) is 23.0 Å². The van der Waals surface area contributed by atoms with E-state index in [9.17, 15) is 0 Å². The van der Waals surface area contributed by atoms with Crippen LogP contribution < -0.4 is 19.4 Å². The lowest BCUT2D eigenvalue weighted by Crippen LogP contribution is -2.32. The van der Waals surface area contributed by atoms with Crippen LogP contribution in [0.3, 0.4) is 0 Å².